The third kappa shape index (κ3) is 3.04. The molecule has 1 saturated carbocycles. The number of allylic oxidation sites excluding steroid dienone is 1. The van der Waals surface area contributed by atoms with E-state index in [0.717, 1.165) is 53.0 Å². The van der Waals surface area contributed by atoms with Gasteiger partial charge in [-0.1, -0.05) is 12.1 Å². The number of halogens is 1. The Morgan fingerprint density at radius 1 is 1.20 bits per heavy atom. The van der Waals surface area contributed by atoms with E-state index in [2.05, 4.69) is 32.5 Å². The summed E-state index contributed by atoms with van der Waals surface area (Å²) < 4.78 is 14.3. The number of aromatic nitrogens is 4. The zero-order valence-corrected chi connectivity index (χ0v) is 20.1. The standard InChI is InChI=1S/C26H26FN7S/c1-14-12-35-25(32-14)26(13-28)18-6-8-34(11-19(18)26)21-10-30-23-17(9-31-24(23)33-21)15-4-5-20(27)22-16(15)3-2-7-29-22/h2-5,7,9-10,12,18-19,25,32H,6,8,11,13,28H2,1H3,(H,31,33)/t18-,19+,25?,26+/m1/s1. The number of pyridine rings is 1. The van der Waals surface area contributed by atoms with Crippen molar-refractivity contribution >= 4 is 39.6 Å². The van der Waals surface area contributed by atoms with Gasteiger partial charge in [0.1, 0.15) is 22.7 Å². The molecule has 1 aliphatic carbocycles. The van der Waals surface area contributed by atoms with E-state index in [1.165, 1.54) is 11.8 Å². The Hall–Kier alpha value is -3.17. The summed E-state index contributed by atoms with van der Waals surface area (Å²) in [7, 11) is 0. The molecule has 0 amide bonds. The molecule has 35 heavy (non-hydrogen) atoms. The molecule has 0 bridgehead atoms. The molecule has 4 atom stereocenters. The maximum Gasteiger partial charge on any atom is 0.159 e. The summed E-state index contributed by atoms with van der Waals surface area (Å²) in [6.45, 7) is 4.72. The van der Waals surface area contributed by atoms with Crippen molar-refractivity contribution in [3.05, 3.63) is 59.8 Å². The fraction of sp³-hybridized carbons (Fsp3) is 0.346. The van der Waals surface area contributed by atoms with E-state index in [1.807, 2.05) is 36.3 Å². The summed E-state index contributed by atoms with van der Waals surface area (Å²) in [6, 6.07) is 6.96. The molecule has 3 aromatic heterocycles. The number of fused-ring (bicyclic) bond motifs is 3. The summed E-state index contributed by atoms with van der Waals surface area (Å²) in [5, 5.41) is 6.98. The lowest BCUT2D eigenvalue weighted by Crippen LogP contribution is -2.38. The highest BCUT2D eigenvalue weighted by Crippen LogP contribution is 2.66. The van der Waals surface area contributed by atoms with E-state index >= 15 is 0 Å². The van der Waals surface area contributed by atoms with Gasteiger partial charge >= 0.3 is 0 Å². The number of anilines is 1. The number of hydrogen-bond acceptors (Lipinski definition) is 7. The highest BCUT2D eigenvalue weighted by molar-refractivity contribution is 8.03. The van der Waals surface area contributed by atoms with Gasteiger partial charge in [-0.3, -0.25) is 4.98 Å². The van der Waals surface area contributed by atoms with Crippen molar-refractivity contribution < 1.29 is 4.39 Å². The first kappa shape index (κ1) is 21.1. The summed E-state index contributed by atoms with van der Waals surface area (Å²) in [4.78, 5) is 19.6. The van der Waals surface area contributed by atoms with Crippen molar-refractivity contribution in [3.63, 3.8) is 0 Å². The molecule has 2 fully saturated rings. The van der Waals surface area contributed by atoms with Gasteiger partial charge in [-0.15, -0.1) is 11.8 Å². The summed E-state index contributed by atoms with van der Waals surface area (Å²) in [5.74, 6) is 1.77. The van der Waals surface area contributed by atoms with Crippen molar-refractivity contribution in [2.45, 2.75) is 18.7 Å². The average Bonchev–Trinajstić information content (AvgIpc) is 3.13. The highest BCUT2D eigenvalue weighted by atomic mass is 32.2. The predicted octanol–water partition coefficient (Wildman–Crippen LogP) is 4.24. The second-order valence-electron chi connectivity index (χ2n) is 9.85. The molecule has 1 saturated heterocycles. The van der Waals surface area contributed by atoms with Crippen LogP contribution >= 0.6 is 11.8 Å². The first-order chi connectivity index (χ1) is 17.1. The van der Waals surface area contributed by atoms with Crippen LogP contribution in [0.4, 0.5) is 10.2 Å². The SMILES string of the molecule is CC1=CSC([C@@]2(CN)[C@@H]3CCN(c4cnc5c(-c6ccc(F)c7ncccc67)c[nH]c5n4)C[C@@H]32)N1. The number of nitrogens with two attached hydrogens (primary N) is 1. The third-order valence-electron chi connectivity index (χ3n) is 8.17. The third-order valence-corrected chi connectivity index (χ3v) is 9.49. The van der Waals surface area contributed by atoms with Crippen molar-refractivity contribution in [1.82, 2.24) is 25.3 Å². The number of H-pyrrole nitrogens is 1. The molecule has 4 aromatic rings. The topological polar surface area (TPSA) is 95.8 Å². The first-order valence-electron chi connectivity index (χ1n) is 12.0. The molecule has 0 spiro atoms. The molecular weight excluding hydrogens is 461 g/mol. The summed E-state index contributed by atoms with van der Waals surface area (Å²) >= 11 is 1.88. The van der Waals surface area contributed by atoms with Crippen molar-refractivity contribution in [2.24, 2.45) is 23.0 Å². The van der Waals surface area contributed by atoms with Gasteiger partial charge in [-0.25, -0.2) is 14.4 Å². The smallest absolute Gasteiger partial charge is 0.159 e. The molecular formula is C26H26FN7S. The highest BCUT2D eigenvalue weighted by Gasteiger charge is 2.69. The Kier molecular flexibility index (Phi) is 4.63. The number of rotatable bonds is 4. The molecule has 0 radical (unpaired) electrons. The molecule has 7 nitrogen and oxygen atoms in total. The van der Waals surface area contributed by atoms with E-state index in [1.54, 1.807) is 12.3 Å². The predicted molar refractivity (Wildman–Crippen MR) is 138 cm³/mol. The van der Waals surface area contributed by atoms with Crippen molar-refractivity contribution in [1.29, 1.82) is 0 Å². The van der Waals surface area contributed by atoms with Gasteiger partial charge in [0.25, 0.3) is 0 Å². The molecule has 3 aliphatic rings. The zero-order valence-electron chi connectivity index (χ0n) is 19.3. The molecule has 1 unspecified atom stereocenters. The molecule has 5 heterocycles. The van der Waals surface area contributed by atoms with Crippen LogP contribution in [0.2, 0.25) is 0 Å². The van der Waals surface area contributed by atoms with Crippen LogP contribution in [-0.2, 0) is 0 Å². The lowest BCUT2D eigenvalue weighted by Gasteiger charge is -2.27. The van der Waals surface area contributed by atoms with Crippen LogP contribution in [0.25, 0.3) is 33.2 Å². The van der Waals surface area contributed by atoms with Crippen LogP contribution in [0.1, 0.15) is 13.3 Å². The normalized spacial score (nSPS) is 27.7. The number of hydrogen-bond donors (Lipinski definition) is 3. The molecule has 7 rings (SSSR count). The number of nitrogens with zero attached hydrogens (tertiary/aromatic N) is 4. The van der Waals surface area contributed by atoms with E-state index < -0.39 is 0 Å². The zero-order chi connectivity index (χ0) is 23.7. The van der Waals surface area contributed by atoms with Crippen LogP contribution in [0.15, 0.2) is 54.0 Å². The van der Waals surface area contributed by atoms with Gasteiger partial charge in [0.15, 0.2) is 5.65 Å². The number of nitrogens with one attached hydrogen (secondary N) is 2. The molecule has 4 N–H and O–H groups in total. The fourth-order valence-electron chi connectivity index (χ4n) is 6.35. The van der Waals surface area contributed by atoms with E-state index in [-0.39, 0.29) is 11.2 Å². The number of aromatic amines is 1. The van der Waals surface area contributed by atoms with Crippen LogP contribution < -0.4 is 16.0 Å². The lowest BCUT2D eigenvalue weighted by atomic mass is 10.0. The van der Waals surface area contributed by atoms with Crippen LogP contribution in [0.3, 0.4) is 0 Å². The maximum atomic E-state index is 14.3. The average molecular weight is 488 g/mol. The maximum absolute atomic E-state index is 14.3. The second-order valence-corrected chi connectivity index (χ2v) is 10.8. The van der Waals surface area contributed by atoms with E-state index in [9.17, 15) is 4.39 Å². The molecule has 178 valence electrons. The molecule has 9 heteroatoms. The van der Waals surface area contributed by atoms with Gasteiger partial charge in [-0.05, 0) is 48.3 Å². The van der Waals surface area contributed by atoms with Crippen LogP contribution in [-0.4, -0.2) is 44.9 Å². The number of benzene rings is 1. The minimum absolute atomic E-state index is 0.141. The Labute approximate surface area is 206 Å². The largest absolute Gasteiger partial charge is 0.376 e. The second kappa shape index (κ2) is 7.66. The van der Waals surface area contributed by atoms with Gasteiger partial charge in [-0.2, -0.15) is 0 Å². The Morgan fingerprint density at radius 2 is 2.11 bits per heavy atom. The van der Waals surface area contributed by atoms with Crippen LogP contribution in [0, 0.1) is 23.1 Å². The van der Waals surface area contributed by atoms with E-state index in [4.69, 9.17) is 15.7 Å². The number of piperidine rings is 1. The minimum Gasteiger partial charge on any atom is -0.376 e. The van der Waals surface area contributed by atoms with E-state index in [0.29, 0.717) is 29.3 Å². The van der Waals surface area contributed by atoms with Crippen molar-refractivity contribution in [2.75, 3.05) is 24.5 Å². The summed E-state index contributed by atoms with van der Waals surface area (Å²) in [6.07, 6.45) is 6.49. The Bertz CT molecular complexity index is 1500. The van der Waals surface area contributed by atoms with Crippen LogP contribution in [0.5, 0.6) is 0 Å². The van der Waals surface area contributed by atoms with Gasteiger partial charge in [0.05, 0.1) is 11.6 Å². The Morgan fingerprint density at radius 3 is 2.94 bits per heavy atom. The fourth-order valence-corrected chi connectivity index (χ4v) is 7.71. The molecule has 1 aromatic carbocycles. The summed E-state index contributed by atoms with van der Waals surface area (Å²) in [5.41, 5.74) is 11.4. The molecule has 2 aliphatic heterocycles. The monoisotopic (exact) mass is 487 g/mol. The van der Waals surface area contributed by atoms with Gasteiger partial charge < -0.3 is 20.9 Å². The Balaban J connectivity index is 1.18. The van der Waals surface area contributed by atoms with Gasteiger partial charge in [0.2, 0.25) is 0 Å². The van der Waals surface area contributed by atoms with Gasteiger partial charge in [0, 0.05) is 54.1 Å². The first-order valence-corrected chi connectivity index (χ1v) is 13.0. The van der Waals surface area contributed by atoms with Crippen molar-refractivity contribution in [3.8, 4) is 11.1 Å². The number of thioether (sulfide) groups is 1. The minimum atomic E-state index is -0.327. The quantitative estimate of drug-likeness (QED) is 0.396. The lowest BCUT2D eigenvalue weighted by molar-refractivity contribution is 0.403.